The van der Waals surface area contributed by atoms with Crippen molar-refractivity contribution in [1.29, 1.82) is 0 Å². The lowest BCUT2D eigenvalue weighted by atomic mass is 10.1. The van der Waals surface area contributed by atoms with Gasteiger partial charge in [-0.3, -0.25) is 9.59 Å². The van der Waals surface area contributed by atoms with Crippen molar-refractivity contribution >= 4 is 17.8 Å². The number of ether oxygens (including phenoxy) is 7. The smallest absolute Gasteiger partial charge is 0.331 e. The molecule has 2 heterocycles. The quantitative estimate of drug-likeness (QED) is 0.267. The lowest BCUT2D eigenvalue weighted by molar-refractivity contribution is -0.156. The Balaban J connectivity index is 1.55. The number of methoxy groups -OCH3 is 1. The summed E-state index contributed by atoms with van der Waals surface area (Å²) in [6.45, 7) is 6.17. The summed E-state index contributed by atoms with van der Waals surface area (Å²) in [6.07, 6.45) is -0.916. The number of rotatable bonds is 10. The Morgan fingerprint density at radius 1 is 0.955 bits per heavy atom. The molecule has 44 heavy (non-hydrogen) atoms. The van der Waals surface area contributed by atoms with E-state index < -0.39 is 49.0 Å². The highest BCUT2D eigenvalue weighted by Gasteiger charge is 2.38. The first-order valence-electron chi connectivity index (χ1n) is 14.0. The van der Waals surface area contributed by atoms with E-state index in [4.69, 9.17) is 33.2 Å². The molecule has 12 heteroatoms. The van der Waals surface area contributed by atoms with Crippen LogP contribution in [0.2, 0.25) is 0 Å². The fourth-order valence-electron chi connectivity index (χ4n) is 4.33. The third kappa shape index (κ3) is 8.60. The average molecular weight is 609 g/mol. The molecule has 4 rings (SSSR count). The van der Waals surface area contributed by atoms with Crippen molar-refractivity contribution < 1.29 is 47.5 Å². The van der Waals surface area contributed by atoms with E-state index in [1.165, 1.54) is 26.3 Å². The summed E-state index contributed by atoms with van der Waals surface area (Å²) >= 11 is 0. The van der Waals surface area contributed by atoms with Crippen LogP contribution >= 0.6 is 0 Å². The van der Waals surface area contributed by atoms with Crippen LogP contribution in [0.15, 0.2) is 60.8 Å². The van der Waals surface area contributed by atoms with Gasteiger partial charge in [0.25, 0.3) is 5.91 Å². The molecule has 2 aromatic carbocycles. The Kier molecular flexibility index (Phi) is 11.0. The summed E-state index contributed by atoms with van der Waals surface area (Å²) in [5.74, 6) is -0.828. The summed E-state index contributed by atoms with van der Waals surface area (Å²) in [7, 11) is 1.38. The molecule has 0 radical (unpaired) electrons. The number of cyclic esters (lactones) is 1. The Hall–Kier alpha value is -4.84. The fraction of sp³-hybridized carbons (Fsp3) is 0.375. The van der Waals surface area contributed by atoms with Crippen molar-refractivity contribution in [3.63, 3.8) is 0 Å². The van der Waals surface area contributed by atoms with Crippen molar-refractivity contribution in [3.05, 3.63) is 77.6 Å². The van der Waals surface area contributed by atoms with Crippen molar-refractivity contribution in [1.82, 2.24) is 10.3 Å². The van der Waals surface area contributed by atoms with Gasteiger partial charge < -0.3 is 38.5 Å². The maximum atomic E-state index is 13.4. The van der Waals surface area contributed by atoms with E-state index in [0.717, 1.165) is 11.1 Å². The third-order valence-electron chi connectivity index (χ3n) is 6.66. The molecule has 234 valence electrons. The zero-order valence-corrected chi connectivity index (χ0v) is 25.2. The zero-order valence-electron chi connectivity index (χ0n) is 25.2. The van der Waals surface area contributed by atoms with Crippen molar-refractivity contribution in [2.24, 2.45) is 0 Å². The number of carbonyl (C=O) groups is 3. The summed E-state index contributed by atoms with van der Waals surface area (Å²) in [5.41, 5.74) is 1.94. The number of aryl methyl sites for hydroxylation is 2. The number of amides is 1. The molecule has 4 atom stereocenters. The highest BCUT2D eigenvalue weighted by Crippen LogP contribution is 2.30. The molecule has 4 unspecified atom stereocenters. The van der Waals surface area contributed by atoms with Crippen LogP contribution in [-0.4, -0.2) is 74.3 Å². The zero-order chi connectivity index (χ0) is 31.6. The van der Waals surface area contributed by atoms with Crippen LogP contribution in [0, 0.1) is 13.8 Å². The van der Waals surface area contributed by atoms with Gasteiger partial charge in [-0.2, -0.15) is 0 Å². The molecule has 0 saturated carbocycles. The molecular weight excluding hydrogens is 572 g/mol. The average Bonchev–Trinajstić information content (AvgIpc) is 3.04. The van der Waals surface area contributed by atoms with E-state index in [-0.39, 0.29) is 30.4 Å². The second kappa shape index (κ2) is 15.1. The minimum absolute atomic E-state index is 0.0198. The molecule has 1 amide bonds. The lowest BCUT2D eigenvalue weighted by Gasteiger charge is -2.31. The molecule has 0 aliphatic carbocycles. The van der Waals surface area contributed by atoms with E-state index in [0.29, 0.717) is 11.5 Å². The number of hydrogen-bond donors (Lipinski definition) is 1. The van der Waals surface area contributed by atoms with E-state index in [9.17, 15) is 14.4 Å². The van der Waals surface area contributed by atoms with E-state index >= 15 is 0 Å². The van der Waals surface area contributed by atoms with Crippen LogP contribution in [0.5, 0.6) is 23.0 Å². The highest BCUT2D eigenvalue weighted by molar-refractivity contribution is 5.98. The largest absolute Gasteiger partial charge is 0.493 e. The predicted octanol–water partition coefficient (Wildman–Crippen LogP) is 3.56. The van der Waals surface area contributed by atoms with E-state index in [1.54, 1.807) is 6.92 Å². The number of benzene rings is 2. The van der Waals surface area contributed by atoms with Gasteiger partial charge in [0.1, 0.15) is 17.6 Å². The SMILES string of the molecule is COc1ccnc(C(=O)NC2COCC(Oc3ccc(C)cc3)C(Oc3ccc(C)cc3)C(C)OC2=O)c1OCOC(C)=O. The van der Waals surface area contributed by atoms with Crippen LogP contribution in [0.4, 0.5) is 0 Å². The maximum Gasteiger partial charge on any atom is 0.331 e. The van der Waals surface area contributed by atoms with Gasteiger partial charge >= 0.3 is 11.9 Å². The Morgan fingerprint density at radius 2 is 1.59 bits per heavy atom. The molecule has 3 aromatic rings. The van der Waals surface area contributed by atoms with Gasteiger partial charge in [-0.05, 0) is 45.0 Å². The second-order valence-corrected chi connectivity index (χ2v) is 10.2. The van der Waals surface area contributed by atoms with Gasteiger partial charge in [0, 0.05) is 19.2 Å². The topological polar surface area (TPSA) is 141 Å². The monoisotopic (exact) mass is 608 g/mol. The Bertz CT molecular complexity index is 1430. The number of aromatic nitrogens is 1. The van der Waals surface area contributed by atoms with Crippen molar-refractivity contribution in [2.75, 3.05) is 27.1 Å². The van der Waals surface area contributed by atoms with Crippen LogP contribution < -0.4 is 24.3 Å². The Morgan fingerprint density at radius 3 is 2.20 bits per heavy atom. The number of esters is 2. The van der Waals surface area contributed by atoms with Crippen molar-refractivity contribution in [2.45, 2.75) is 52.0 Å². The molecule has 1 aromatic heterocycles. The van der Waals surface area contributed by atoms with Crippen LogP contribution in [0.25, 0.3) is 0 Å². The predicted molar refractivity (Wildman–Crippen MR) is 157 cm³/mol. The maximum absolute atomic E-state index is 13.4. The summed E-state index contributed by atoms with van der Waals surface area (Å²) in [5, 5.41) is 2.61. The molecule has 1 aliphatic rings. The molecule has 0 bridgehead atoms. The number of hydrogen-bond acceptors (Lipinski definition) is 11. The van der Waals surface area contributed by atoms with Gasteiger partial charge in [0.05, 0.1) is 20.3 Å². The first-order chi connectivity index (χ1) is 21.1. The van der Waals surface area contributed by atoms with Gasteiger partial charge in [0.2, 0.25) is 6.79 Å². The fourth-order valence-corrected chi connectivity index (χ4v) is 4.33. The standard InChI is InChI=1S/C32H36N2O10/c1-19-6-10-23(11-7-19)43-27-17-39-16-25(32(37)42-21(3)29(27)44-24-12-8-20(2)9-13-24)34-31(36)28-30(41-18-40-22(4)35)26(38-5)14-15-33-28/h6-15,21,25,27,29H,16-18H2,1-5H3,(H,34,36). The third-order valence-corrected chi connectivity index (χ3v) is 6.66. The molecule has 1 aliphatic heterocycles. The number of pyridine rings is 1. The first-order valence-corrected chi connectivity index (χ1v) is 14.0. The summed E-state index contributed by atoms with van der Waals surface area (Å²) < 4.78 is 39.9. The number of nitrogens with zero attached hydrogens (tertiary/aromatic N) is 1. The first kappa shape index (κ1) is 32.1. The summed E-state index contributed by atoms with van der Waals surface area (Å²) in [6, 6.07) is 15.3. The molecule has 1 saturated heterocycles. The minimum Gasteiger partial charge on any atom is -0.493 e. The van der Waals surface area contributed by atoms with Crippen LogP contribution in [0.3, 0.4) is 0 Å². The second-order valence-electron chi connectivity index (χ2n) is 10.2. The van der Waals surface area contributed by atoms with Crippen LogP contribution in [0.1, 0.15) is 35.5 Å². The van der Waals surface area contributed by atoms with Gasteiger partial charge in [-0.1, -0.05) is 35.4 Å². The molecular formula is C32H36N2O10. The molecule has 0 spiro atoms. The van der Waals surface area contributed by atoms with Crippen molar-refractivity contribution in [3.8, 4) is 23.0 Å². The lowest BCUT2D eigenvalue weighted by Crippen LogP contribution is -2.48. The number of carbonyl (C=O) groups excluding carboxylic acids is 3. The molecule has 1 fully saturated rings. The van der Waals surface area contributed by atoms with E-state index in [2.05, 4.69) is 10.3 Å². The van der Waals surface area contributed by atoms with Gasteiger partial charge in [-0.15, -0.1) is 0 Å². The Labute approximate surface area is 255 Å². The van der Waals surface area contributed by atoms with Gasteiger partial charge in [-0.25, -0.2) is 9.78 Å². The molecule has 12 nitrogen and oxygen atoms in total. The van der Waals surface area contributed by atoms with Gasteiger partial charge in [0.15, 0.2) is 35.4 Å². The summed E-state index contributed by atoms with van der Waals surface area (Å²) in [4.78, 5) is 42.0. The molecule has 1 N–H and O–H groups in total. The van der Waals surface area contributed by atoms with Crippen LogP contribution in [-0.2, 0) is 23.8 Å². The van der Waals surface area contributed by atoms with E-state index in [1.807, 2.05) is 62.4 Å². The normalized spacial score (nSPS) is 20.2. The minimum atomic E-state index is -1.21. The number of nitrogens with one attached hydrogen (secondary N) is 1. The highest BCUT2D eigenvalue weighted by atomic mass is 16.7.